The van der Waals surface area contributed by atoms with Crippen molar-refractivity contribution in [2.75, 3.05) is 19.5 Å². The summed E-state index contributed by atoms with van der Waals surface area (Å²) in [7, 11) is 3.04. The lowest BCUT2D eigenvalue weighted by molar-refractivity contribution is -0.134. The molecule has 2 aromatic rings. The van der Waals surface area contributed by atoms with Crippen molar-refractivity contribution < 1.29 is 14.3 Å². The van der Waals surface area contributed by atoms with E-state index in [4.69, 9.17) is 9.47 Å². The van der Waals surface area contributed by atoms with Crippen LogP contribution in [-0.2, 0) is 9.53 Å². The Labute approximate surface area is 142 Å². The van der Waals surface area contributed by atoms with Crippen molar-refractivity contribution in [1.82, 2.24) is 0 Å². The summed E-state index contributed by atoms with van der Waals surface area (Å²) in [6, 6.07) is 16.5. The van der Waals surface area contributed by atoms with Crippen molar-refractivity contribution in [2.45, 2.75) is 18.4 Å². The number of carbonyl (C=O) groups excluding carboxylic acids is 1. The molecular formula is C20H21NO3. The van der Waals surface area contributed by atoms with Crippen LogP contribution in [-0.4, -0.2) is 20.2 Å². The fraction of sp³-hybridized carbons (Fsp3) is 0.250. The highest BCUT2D eigenvalue weighted by Crippen LogP contribution is 2.42. The quantitative estimate of drug-likeness (QED) is 0.681. The van der Waals surface area contributed by atoms with E-state index in [-0.39, 0.29) is 17.9 Å². The lowest BCUT2D eigenvalue weighted by atomic mass is 9.84. The van der Waals surface area contributed by atoms with Gasteiger partial charge in [0.1, 0.15) is 5.75 Å². The highest BCUT2D eigenvalue weighted by molar-refractivity contribution is 5.82. The standard InChI is InChI=1S/C20H21NO3/c1-23-16-9-10-18-17(13-16)15(8-11-20(22)24-2)12-19(21-18)14-6-4-3-5-7-14/h3-11,13,15,19,21H,12H2,1-2H3/b11-8+/t15-,19-/m0/s1. The molecule has 2 aromatic carbocycles. The molecule has 0 amide bonds. The number of anilines is 1. The Morgan fingerprint density at radius 2 is 1.96 bits per heavy atom. The van der Waals surface area contributed by atoms with E-state index in [1.165, 1.54) is 18.7 Å². The van der Waals surface area contributed by atoms with E-state index in [2.05, 4.69) is 17.4 Å². The van der Waals surface area contributed by atoms with Crippen LogP contribution in [0.25, 0.3) is 0 Å². The first-order valence-electron chi connectivity index (χ1n) is 7.97. The molecule has 1 heterocycles. The van der Waals surface area contributed by atoms with Crippen molar-refractivity contribution >= 4 is 11.7 Å². The number of nitrogens with one attached hydrogen (secondary N) is 1. The van der Waals surface area contributed by atoms with Gasteiger partial charge in [-0.2, -0.15) is 0 Å². The first-order valence-corrected chi connectivity index (χ1v) is 7.97. The highest BCUT2D eigenvalue weighted by atomic mass is 16.5. The van der Waals surface area contributed by atoms with Gasteiger partial charge >= 0.3 is 5.97 Å². The van der Waals surface area contributed by atoms with Gasteiger partial charge in [0.2, 0.25) is 0 Å². The van der Waals surface area contributed by atoms with Gasteiger partial charge in [-0.15, -0.1) is 0 Å². The molecule has 0 saturated heterocycles. The highest BCUT2D eigenvalue weighted by Gasteiger charge is 2.26. The summed E-state index contributed by atoms with van der Waals surface area (Å²) in [6.07, 6.45) is 4.28. The second-order valence-electron chi connectivity index (χ2n) is 5.79. The van der Waals surface area contributed by atoms with Gasteiger partial charge < -0.3 is 14.8 Å². The zero-order chi connectivity index (χ0) is 16.9. The monoisotopic (exact) mass is 323 g/mol. The molecule has 124 valence electrons. The molecule has 1 N–H and O–H groups in total. The Morgan fingerprint density at radius 1 is 1.17 bits per heavy atom. The maximum atomic E-state index is 11.5. The van der Waals surface area contributed by atoms with Crippen LogP contribution in [0.4, 0.5) is 5.69 Å². The fourth-order valence-corrected chi connectivity index (χ4v) is 3.08. The molecule has 0 spiro atoms. The van der Waals surface area contributed by atoms with Crippen LogP contribution >= 0.6 is 0 Å². The lowest BCUT2D eigenvalue weighted by Gasteiger charge is -2.32. The summed E-state index contributed by atoms with van der Waals surface area (Å²) in [4.78, 5) is 11.5. The zero-order valence-electron chi connectivity index (χ0n) is 13.9. The predicted molar refractivity (Wildman–Crippen MR) is 94.3 cm³/mol. The van der Waals surface area contributed by atoms with E-state index in [1.807, 2.05) is 42.5 Å². The first-order chi connectivity index (χ1) is 11.7. The number of hydrogen-bond donors (Lipinski definition) is 1. The number of rotatable bonds is 4. The topological polar surface area (TPSA) is 47.6 Å². The Hall–Kier alpha value is -2.75. The molecule has 1 aliphatic rings. The summed E-state index contributed by atoms with van der Waals surface area (Å²) in [5.41, 5.74) is 3.42. The summed E-state index contributed by atoms with van der Waals surface area (Å²) < 4.78 is 10.1. The fourth-order valence-electron chi connectivity index (χ4n) is 3.08. The second kappa shape index (κ2) is 7.21. The molecular weight excluding hydrogens is 302 g/mol. The Bertz CT molecular complexity index is 740. The summed E-state index contributed by atoms with van der Waals surface area (Å²) in [5.74, 6) is 0.583. The molecule has 4 heteroatoms. The molecule has 3 rings (SSSR count). The van der Waals surface area contributed by atoms with Gasteiger partial charge in [-0.1, -0.05) is 36.4 Å². The minimum atomic E-state index is -0.339. The molecule has 0 saturated carbocycles. The third kappa shape index (κ3) is 3.43. The smallest absolute Gasteiger partial charge is 0.330 e. The van der Waals surface area contributed by atoms with Gasteiger partial charge in [0.05, 0.1) is 20.3 Å². The minimum absolute atomic E-state index is 0.112. The largest absolute Gasteiger partial charge is 0.497 e. The van der Waals surface area contributed by atoms with E-state index in [1.54, 1.807) is 7.11 Å². The van der Waals surface area contributed by atoms with Crippen LogP contribution in [0.2, 0.25) is 0 Å². The molecule has 24 heavy (non-hydrogen) atoms. The van der Waals surface area contributed by atoms with Crippen LogP contribution < -0.4 is 10.1 Å². The van der Waals surface area contributed by atoms with Crippen LogP contribution in [0, 0.1) is 0 Å². The van der Waals surface area contributed by atoms with Crippen molar-refractivity contribution in [3.63, 3.8) is 0 Å². The van der Waals surface area contributed by atoms with E-state index in [9.17, 15) is 4.79 Å². The average Bonchev–Trinajstić information content (AvgIpc) is 2.65. The van der Waals surface area contributed by atoms with Gasteiger partial charge in [0.25, 0.3) is 0 Å². The van der Waals surface area contributed by atoms with Crippen molar-refractivity contribution in [1.29, 1.82) is 0 Å². The molecule has 4 nitrogen and oxygen atoms in total. The van der Waals surface area contributed by atoms with E-state index in [0.717, 1.165) is 23.4 Å². The molecule has 2 atom stereocenters. The number of hydrogen-bond acceptors (Lipinski definition) is 4. The van der Waals surface area contributed by atoms with Crippen LogP contribution in [0.5, 0.6) is 5.75 Å². The average molecular weight is 323 g/mol. The van der Waals surface area contributed by atoms with Crippen molar-refractivity contribution in [3.05, 3.63) is 71.8 Å². The third-order valence-corrected chi connectivity index (χ3v) is 4.35. The maximum absolute atomic E-state index is 11.5. The van der Waals surface area contributed by atoms with Gasteiger partial charge in [0.15, 0.2) is 0 Å². The number of allylic oxidation sites excluding steroid dienone is 1. The number of benzene rings is 2. The lowest BCUT2D eigenvalue weighted by Crippen LogP contribution is -2.21. The summed E-state index contributed by atoms with van der Waals surface area (Å²) in [6.45, 7) is 0. The van der Waals surface area contributed by atoms with Crippen LogP contribution in [0.3, 0.4) is 0 Å². The predicted octanol–water partition coefficient (Wildman–Crippen LogP) is 4.06. The Morgan fingerprint density at radius 3 is 2.67 bits per heavy atom. The number of esters is 1. The first kappa shape index (κ1) is 16.1. The SMILES string of the molecule is COC(=O)/C=C/[C@H]1C[C@@H](c2ccccc2)Nc2ccc(OC)cc21. The Kier molecular flexibility index (Phi) is 4.85. The summed E-state index contributed by atoms with van der Waals surface area (Å²) >= 11 is 0. The van der Waals surface area contributed by atoms with E-state index >= 15 is 0 Å². The number of fused-ring (bicyclic) bond motifs is 1. The number of carbonyl (C=O) groups is 1. The molecule has 0 aliphatic carbocycles. The van der Waals surface area contributed by atoms with E-state index < -0.39 is 0 Å². The van der Waals surface area contributed by atoms with Gasteiger partial charge in [-0.25, -0.2) is 4.79 Å². The Balaban J connectivity index is 1.95. The summed E-state index contributed by atoms with van der Waals surface area (Å²) in [5, 5.41) is 3.59. The van der Waals surface area contributed by atoms with E-state index in [0.29, 0.717) is 0 Å². The zero-order valence-corrected chi connectivity index (χ0v) is 13.9. The number of ether oxygens (including phenoxy) is 2. The third-order valence-electron chi connectivity index (χ3n) is 4.35. The maximum Gasteiger partial charge on any atom is 0.330 e. The molecule has 0 unspecified atom stereocenters. The number of methoxy groups -OCH3 is 2. The molecule has 0 aromatic heterocycles. The van der Waals surface area contributed by atoms with Gasteiger partial charge in [0, 0.05) is 17.7 Å². The molecule has 0 bridgehead atoms. The molecule has 0 fully saturated rings. The minimum Gasteiger partial charge on any atom is -0.497 e. The van der Waals surface area contributed by atoms with Crippen molar-refractivity contribution in [3.8, 4) is 5.75 Å². The molecule has 1 aliphatic heterocycles. The normalized spacial score (nSPS) is 19.4. The van der Waals surface area contributed by atoms with Crippen LogP contribution in [0.15, 0.2) is 60.7 Å². The van der Waals surface area contributed by atoms with Gasteiger partial charge in [-0.3, -0.25) is 0 Å². The molecule has 0 radical (unpaired) electrons. The van der Waals surface area contributed by atoms with Crippen LogP contribution in [0.1, 0.15) is 29.5 Å². The van der Waals surface area contributed by atoms with Gasteiger partial charge in [-0.05, 0) is 35.7 Å². The second-order valence-corrected chi connectivity index (χ2v) is 5.79. The van der Waals surface area contributed by atoms with Crippen molar-refractivity contribution in [2.24, 2.45) is 0 Å².